The van der Waals surface area contributed by atoms with E-state index in [4.69, 9.17) is 9.72 Å². The smallest absolute Gasteiger partial charge is 0.242 e. The highest BCUT2D eigenvalue weighted by Gasteiger charge is 2.22. The van der Waals surface area contributed by atoms with E-state index in [-0.39, 0.29) is 5.91 Å². The standard InChI is InChI=1S/C26H26N4O2S/c1-32-22-10-5-9-21(17-22)28-13-15-29(16-14-28)25(31)18-30-12-6-11-24(30)26-27-23(19-33-26)20-7-3-2-4-8-20/h2-12,17,19H,13-16,18H2,1H3. The summed E-state index contributed by atoms with van der Waals surface area (Å²) < 4.78 is 7.34. The van der Waals surface area contributed by atoms with Gasteiger partial charge in [0.1, 0.15) is 17.3 Å². The van der Waals surface area contributed by atoms with Crippen molar-refractivity contribution in [3.8, 4) is 27.7 Å². The zero-order valence-electron chi connectivity index (χ0n) is 18.6. The third kappa shape index (κ3) is 4.64. The maximum absolute atomic E-state index is 13.1. The third-order valence-corrected chi connectivity index (χ3v) is 6.84. The van der Waals surface area contributed by atoms with Crippen molar-refractivity contribution in [2.45, 2.75) is 6.54 Å². The molecular formula is C26H26N4O2S. The van der Waals surface area contributed by atoms with Crippen molar-refractivity contribution >= 4 is 22.9 Å². The molecule has 0 bridgehead atoms. The van der Waals surface area contributed by atoms with E-state index >= 15 is 0 Å². The molecule has 1 fully saturated rings. The number of thiazole rings is 1. The highest BCUT2D eigenvalue weighted by molar-refractivity contribution is 7.13. The Bertz CT molecular complexity index is 1230. The molecule has 5 rings (SSSR count). The van der Waals surface area contributed by atoms with Gasteiger partial charge in [-0.15, -0.1) is 11.3 Å². The molecule has 0 unspecified atom stereocenters. The van der Waals surface area contributed by atoms with Crippen LogP contribution in [0.25, 0.3) is 22.0 Å². The van der Waals surface area contributed by atoms with E-state index in [1.165, 1.54) is 0 Å². The minimum Gasteiger partial charge on any atom is -0.497 e. The molecule has 0 N–H and O–H groups in total. The molecule has 0 aliphatic carbocycles. The van der Waals surface area contributed by atoms with Gasteiger partial charge >= 0.3 is 0 Å². The van der Waals surface area contributed by atoms with Gasteiger partial charge in [-0.25, -0.2) is 4.98 Å². The maximum atomic E-state index is 13.1. The molecular weight excluding hydrogens is 432 g/mol. The number of carbonyl (C=O) groups excluding carboxylic acids is 1. The molecule has 6 nitrogen and oxygen atoms in total. The molecule has 1 aliphatic rings. The average molecular weight is 459 g/mol. The first kappa shape index (κ1) is 21.3. The van der Waals surface area contributed by atoms with Gasteiger partial charge in [-0.1, -0.05) is 36.4 Å². The van der Waals surface area contributed by atoms with Crippen molar-refractivity contribution in [2.75, 3.05) is 38.2 Å². The Hall–Kier alpha value is -3.58. The van der Waals surface area contributed by atoms with Gasteiger partial charge < -0.3 is 19.1 Å². The van der Waals surface area contributed by atoms with Crippen molar-refractivity contribution in [1.29, 1.82) is 0 Å². The SMILES string of the molecule is COc1cccc(N2CCN(C(=O)Cn3cccc3-c3nc(-c4ccccc4)cs3)CC2)c1. The molecule has 7 heteroatoms. The maximum Gasteiger partial charge on any atom is 0.242 e. The zero-order valence-corrected chi connectivity index (χ0v) is 19.4. The molecule has 168 valence electrons. The molecule has 0 atom stereocenters. The van der Waals surface area contributed by atoms with Crippen LogP contribution in [-0.2, 0) is 11.3 Å². The monoisotopic (exact) mass is 458 g/mol. The molecule has 2 aromatic heterocycles. The van der Waals surface area contributed by atoms with Crippen LogP contribution in [0.15, 0.2) is 78.3 Å². The van der Waals surface area contributed by atoms with Crippen LogP contribution in [0.1, 0.15) is 0 Å². The highest BCUT2D eigenvalue weighted by Crippen LogP contribution is 2.29. The summed E-state index contributed by atoms with van der Waals surface area (Å²) in [5.74, 6) is 0.987. The molecule has 1 saturated heterocycles. The molecule has 1 aliphatic heterocycles. The quantitative estimate of drug-likeness (QED) is 0.423. The molecule has 33 heavy (non-hydrogen) atoms. The Balaban J connectivity index is 1.23. The fourth-order valence-electron chi connectivity index (χ4n) is 4.15. The molecule has 1 amide bonds. The normalized spacial score (nSPS) is 13.8. The Labute approximate surface area is 197 Å². The van der Waals surface area contributed by atoms with Gasteiger partial charge in [0.25, 0.3) is 0 Å². The van der Waals surface area contributed by atoms with E-state index in [0.717, 1.165) is 46.5 Å². The lowest BCUT2D eigenvalue weighted by Crippen LogP contribution is -2.49. The Morgan fingerprint density at radius 2 is 1.82 bits per heavy atom. The molecule has 0 radical (unpaired) electrons. The predicted octanol–water partition coefficient (Wildman–Crippen LogP) is 4.64. The Morgan fingerprint density at radius 3 is 2.61 bits per heavy atom. The second kappa shape index (κ2) is 9.50. The summed E-state index contributed by atoms with van der Waals surface area (Å²) in [6, 6.07) is 22.3. The summed E-state index contributed by atoms with van der Waals surface area (Å²) in [6.45, 7) is 3.36. The number of aromatic nitrogens is 2. The van der Waals surface area contributed by atoms with Crippen LogP contribution >= 0.6 is 11.3 Å². The largest absolute Gasteiger partial charge is 0.497 e. The van der Waals surface area contributed by atoms with E-state index in [0.29, 0.717) is 19.6 Å². The number of ether oxygens (including phenoxy) is 1. The lowest BCUT2D eigenvalue weighted by Gasteiger charge is -2.36. The van der Waals surface area contributed by atoms with Crippen molar-refractivity contribution < 1.29 is 9.53 Å². The van der Waals surface area contributed by atoms with Crippen molar-refractivity contribution in [3.05, 3.63) is 78.3 Å². The Kier molecular flexibility index (Phi) is 6.13. The van der Waals surface area contributed by atoms with Gasteiger partial charge in [-0.3, -0.25) is 4.79 Å². The Morgan fingerprint density at radius 1 is 1.00 bits per heavy atom. The second-order valence-electron chi connectivity index (χ2n) is 7.99. The summed E-state index contributed by atoms with van der Waals surface area (Å²) in [6.07, 6.45) is 1.96. The van der Waals surface area contributed by atoms with E-state index in [1.54, 1.807) is 18.4 Å². The lowest BCUT2D eigenvalue weighted by atomic mass is 10.2. The number of carbonyl (C=O) groups is 1. The fraction of sp³-hybridized carbons (Fsp3) is 0.231. The number of anilines is 1. The zero-order chi connectivity index (χ0) is 22.6. The summed E-state index contributed by atoms with van der Waals surface area (Å²) in [7, 11) is 1.68. The highest BCUT2D eigenvalue weighted by atomic mass is 32.1. The van der Waals surface area contributed by atoms with E-state index in [9.17, 15) is 4.79 Å². The van der Waals surface area contributed by atoms with Crippen LogP contribution in [0.2, 0.25) is 0 Å². The summed E-state index contributed by atoms with van der Waals surface area (Å²) in [5, 5.41) is 3.00. The predicted molar refractivity (Wildman–Crippen MR) is 133 cm³/mol. The first-order valence-electron chi connectivity index (χ1n) is 11.0. The summed E-state index contributed by atoms with van der Waals surface area (Å²) >= 11 is 1.61. The van der Waals surface area contributed by atoms with Crippen LogP contribution in [0.3, 0.4) is 0 Å². The minimum absolute atomic E-state index is 0.137. The van der Waals surface area contributed by atoms with Gasteiger partial charge in [0.2, 0.25) is 5.91 Å². The lowest BCUT2D eigenvalue weighted by molar-refractivity contribution is -0.132. The van der Waals surface area contributed by atoms with Gasteiger partial charge in [-0.2, -0.15) is 0 Å². The summed E-state index contributed by atoms with van der Waals surface area (Å²) in [5.41, 5.74) is 4.17. The molecule has 2 aromatic carbocycles. The van der Waals surface area contributed by atoms with Gasteiger partial charge in [-0.05, 0) is 24.3 Å². The number of hydrogen-bond donors (Lipinski definition) is 0. The third-order valence-electron chi connectivity index (χ3n) is 5.98. The number of hydrogen-bond acceptors (Lipinski definition) is 5. The van der Waals surface area contributed by atoms with Gasteiger partial charge in [0.05, 0.1) is 18.5 Å². The van der Waals surface area contributed by atoms with Crippen molar-refractivity contribution in [1.82, 2.24) is 14.5 Å². The topological polar surface area (TPSA) is 50.6 Å². The summed E-state index contributed by atoms with van der Waals surface area (Å²) in [4.78, 5) is 22.1. The van der Waals surface area contributed by atoms with Crippen molar-refractivity contribution in [2.24, 2.45) is 0 Å². The minimum atomic E-state index is 0.137. The second-order valence-corrected chi connectivity index (χ2v) is 8.85. The van der Waals surface area contributed by atoms with Crippen LogP contribution in [0, 0.1) is 0 Å². The van der Waals surface area contributed by atoms with E-state index in [2.05, 4.69) is 28.5 Å². The number of methoxy groups -OCH3 is 1. The number of piperazine rings is 1. The number of rotatable bonds is 6. The van der Waals surface area contributed by atoms with E-state index in [1.807, 2.05) is 64.2 Å². The number of nitrogens with zero attached hydrogens (tertiary/aromatic N) is 4. The van der Waals surface area contributed by atoms with Gasteiger partial charge in [0.15, 0.2) is 0 Å². The number of benzene rings is 2. The first-order chi connectivity index (χ1) is 16.2. The molecule has 0 spiro atoms. The average Bonchev–Trinajstić information content (AvgIpc) is 3.54. The molecule has 4 aromatic rings. The van der Waals surface area contributed by atoms with Crippen LogP contribution in [-0.4, -0.2) is 53.6 Å². The van der Waals surface area contributed by atoms with Crippen LogP contribution in [0.4, 0.5) is 5.69 Å². The van der Waals surface area contributed by atoms with Crippen molar-refractivity contribution in [3.63, 3.8) is 0 Å². The van der Waals surface area contributed by atoms with Crippen LogP contribution in [0.5, 0.6) is 5.75 Å². The first-order valence-corrected chi connectivity index (χ1v) is 11.9. The molecule has 3 heterocycles. The van der Waals surface area contributed by atoms with E-state index < -0.39 is 0 Å². The number of amides is 1. The van der Waals surface area contributed by atoms with Crippen LogP contribution < -0.4 is 9.64 Å². The molecule has 0 saturated carbocycles. The fourth-order valence-corrected chi connectivity index (χ4v) is 5.02. The van der Waals surface area contributed by atoms with Gasteiger partial charge in [0, 0.05) is 55.1 Å².